The summed E-state index contributed by atoms with van der Waals surface area (Å²) in [5, 5.41) is 9.53. The van der Waals surface area contributed by atoms with Crippen LogP contribution in [-0.4, -0.2) is 41.7 Å². The number of phenolic OH excluding ortho intramolecular Hbond substituents is 1. The van der Waals surface area contributed by atoms with Crippen molar-refractivity contribution in [3.05, 3.63) is 83.6 Å². The van der Waals surface area contributed by atoms with Crippen LogP contribution in [0.2, 0.25) is 0 Å². The summed E-state index contributed by atoms with van der Waals surface area (Å²) in [6.45, 7) is 3.25. The molecule has 5 heteroatoms. The van der Waals surface area contributed by atoms with Crippen LogP contribution in [0.25, 0.3) is 5.57 Å². The summed E-state index contributed by atoms with van der Waals surface area (Å²) in [5.74, 6) is 3.24. The first-order valence-electron chi connectivity index (χ1n) is 11.7. The van der Waals surface area contributed by atoms with Gasteiger partial charge in [0.2, 0.25) is 5.88 Å². The minimum Gasteiger partial charge on any atom is -0.508 e. The molecule has 2 aromatic carbocycles. The van der Waals surface area contributed by atoms with Crippen molar-refractivity contribution in [2.24, 2.45) is 0 Å². The van der Waals surface area contributed by atoms with Crippen molar-refractivity contribution < 1.29 is 14.6 Å². The second-order valence-corrected chi connectivity index (χ2v) is 8.80. The van der Waals surface area contributed by atoms with Gasteiger partial charge < -0.3 is 19.5 Å². The van der Waals surface area contributed by atoms with Gasteiger partial charge in [-0.1, -0.05) is 24.3 Å². The van der Waals surface area contributed by atoms with Gasteiger partial charge >= 0.3 is 0 Å². The lowest BCUT2D eigenvalue weighted by Gasteiger charge is -2.32. The molecule has 1 N–H and O–H groups in total. The summed E-state index contributed by atoms with van der Waals surface area (Å²) in [4.78, 5) is 7.05. The van der Waals surface area contributed by atoms with Gasteiger partial charge in [0.05, 0.1) is 7.11 Å². The number of hydrogen-bond acceptors (Lipinski definition) is 5. The molecule has 5 rings (SSSR count). The smallest absolute Gasteiger partial charge is 0.226 e. The number of piperidine rings is 1. The number of nitrogens with zero attached hydrogens (tertiary/aromatic N) is 2. The third-order valence-corrected chi connectivity index (χ3v) is 6.79. The van der Waals surface area contributed by atoms with E-state index in [4.69, 9.17) is 9.47 Å². The first kappa shape index (κ1) is 21.5. The summed E-state index contributed by atoms with van der Waals surface area (Å²) in [5.41, 5.74) is 4.70. The molecule has 0 atom stereocenters. The molecule has 0 amide bonds. The summed E-state index contributed by atoms with van der Waals surface area (Å²) < 4.78 is 11.8. The number of aromatic hydroxyl groups is 1. The van der Waals surface area contributed by atoms with E-state index in [1.165, 1.54) is 11.1 Å². The van der Waals surface area contributed by atoms with E-state index in [1.54, 1.807) is 25.4 Å². The Kier molecular flexibility index (Phi) is 6.31. The second-order valence-electron chi connectivity index (χ2n) is 8.80. The van der Waals surface area contributed by atoms with E-state index in [-0.39, 0.29) is 0 Å². The number of phenols is 1. The average molecular weight is 443 g/mol. The number of pyridine rings is 1. The standard InChI is InChI=1S/C28H30N2O3/c1-32-26-7-2-8-27-25(26)19-22(24-6-3-15-29-28(24)33-27)5-4-16-30-17-13-21(14-18-30)20-9-11-23(31)12-10-20/h2-3,5-12,15,21,31H,4,13-14,16-19H2,1H3/b22-5-. The van der Waals surface area contributed by atoms with Gasteiger partial charge in [-0.05, 0) is 85.8 Å². The normalized spacial score (nSPS) is 17.7. The van der Waals surface area contributed by atoms with E-state index < -0.39 is 0 Å². The van der Waals surface area contributed by atoms with Crippen molar-refractivity contribution in [1.29, 1.82) is 0 Å². The van der Waals surface area contributed by atoms with Crippen LogP contribution in [0.1, 0.15) is 41.9 Å². The first-order chi connectivity index (χ1) is 16.2. The van der Waals surface area contributed by atoms with Crippen molar-refractivity contribution >= 4 is 5.57 Å². The first-order valence-corrected chi connectivity index (χ1v) is 11.7. The van der Waals surface area contributed by atoms with Gasteiger partial charge in [-0.25, -0.2) is 4.98 Å². The van der Waals surface area contributed by atoms with Gasteiger partial charge in [0.15, 0.2) is 0 Å². The SMILES string of the molecule is COc1cccc2c1C/C(=C/CCN1CCC(c3ccc(O)cc3)CC1)c1cccnc1O2. The Bertz CT molecular complexity index is 1130. The fourth-order valence-corrected chi connectivity index (χ4v) is 4.95. The average Bonchev–Trinajstić information content (AvgIpc) is 3.01. The van der Waals surface area contributed by atoms with Crippen molar-refractivity contribution in [2.75, 3.05) is 26.7 Å². The van der Waals surface area contributed by atoms with Crippen LogP contribution >= 0.6 is 0 Å². The molecule has 0 bridgehead atoms. The van der Waals surface area contributed by atoms with Gasteiger partial charge in [0, 0.05) is 30.3 Å². The number of allylic oxidation sites excluding steroid dienone is 1. The molecule has 2 aliphatic rings. The lowest BCUT2D eigenvalue weighted by Crippen LogP contribution is -2.33. The van der Waals surface area contributed by atoms with E-state index in [2.05, 4.69) is 34.2 Å². The monoisotopic (exact) mass is 442 g/mol. The highest BCUT2D eigenvalue weighted by Crippen LogP contribution is 2.41. The number of rotatable bonds is 5. The molecule has 1 aromatic heterocycles. The molecular formula is C28H30N2O3. The fourth-order valence-electron chi connectivity index (χ4n) is 4.95. The maximum Gasteiger partial charge on any atom is 0.226 e. The highest BCUT2D eigenvalue weighted by Gasteiger charge is 2.23. The van der Waals surface area contributed by atoms with E-state index in [9.17, 15) is 5.11 Å². The highest BCUT2D eigenvalue weighted by atomic mass is 16.5. The molecule has 1 saturated heterocycles. The molecule has 3 heterocycles. The topological polar surface area (TPSA) is 54.8 Å². The number of benzene rings is 2. The van der Waals surface area contributed by atoms with E-state index in [0.717, 1.165) is 67.9 Å². The Balaban J connectivity index is 1.27. The Labute approximate surface area is 195 Å². The molecule has 0 aliphatic carbocycles. The van der Waals surface area contributed by atoms with Gasteiger partial charge in [-0.2, -0.15) is 0 Å². The molecule has 170 valence electrons. The predicted octanol–water partition coefficient (Wildman–Crippen LogP) is 5.80. The van der Waals surface area contributed by atoms with Gasteiger partial charge in [0.1, 0.15) is 17.2 Å². The van der Waals surface area contributed by atoms with E-state index >= 15 is 0 Å². The Hall–Kier alpha value is -3.31. The molecule has 5 nitrogen and oxygen atoms in total. The zero-order chi connectivity index (χ0) is 22.6. The minimum absolute atomic E-state index is 0.338. The Morgan fingerprint density at radius 1 is 1.09 bits per heavy atom. The molecule has 0 radical (unpaired) electrons. The van der Waals surface area contributed by atoms with Crippen molar-refractivity contribution in [3.8, 4) is 23.1 Å². The highest BCUT2D eigenvalue weighted by molar-refractivity contribution is 5.74. The lowest BCUT2D eigenvalue weighted by atomic mass is 9.89. The third-order valence-electron chi connectivity index (χ3n) is 6.79. The van der Waals surface area contributed by atoms with Crippen LogP contribution in [-0.2, 0) is 6.42 Å². The summed E-state index contributed by atoms with van der Waals surface area (Å²) in [6, 6.07) is 17.7. The van der Waals surface area contributed by atoms with Gasteiger partial charge in [-0.3, -0.25) is 0 Å². The molecule has 3 aromatic rings. The van der Waals surface area contributed by atoms with Crippen LogP contribution in [0.3, 0.4) is 0 Å². The molecule has 1 fully saturated rings. The van der Waals surface area contributed by atoms with Crippen LogP contribution in [0.15, 0.2) is 66.9 Å². The quantitative estimate of drug-likeness (QED) is 0.541. The van der Waals surface area contributed by atoms with Crippen LogP contribution < -0.4 is 9.47 Å². The van der Waals surface area contributed by atoms with E-state index in [0.29, 0.717) is 17.5 Å². The zero-order valence-electron chi connectivity index (χ0n) is 19.0. The van der Waals surface area contributed by atoms with Crippen molar-refractivity contribution in [2.45, 2.75) is 31.6 Å². The van der Waals surface area contributed by atoms with Crippen molar-refractivity contribution in [1.82, 2.24) is 9.88 Å². The second kappa shape index (κ2) is 9.67. The largest absolute Gasteiger partial charge is 0.508 e. The maximum absolute atomic E-state index is 9.53. The molecule has 0 saturated carbocycles. The summed E-state index contributed by atoms with van der Waals surface area (Å²) in [7, 11) is 1.71. The molecule has 0 spiro atoms. The molecule has 33 heavy (non-hydrogen) atoms. The summed E-state index contributed by atoms with van der Waals surface area (Å²) >= 11 is 0. The van der Waals surface area contributed by atoms with Gasteiger partial charge in [0.25, 0.3) is 0 Å². The van der Waals surface area contributed by atoms with Gasteiger partial charge in [-0.15, -0.1) is 0 Å². The van der Waals surface area contributed by atoms with Crippen LogP contribution in [0.5, 0.6) is 23.1 Å². The number of methoxy groups -OCH3 is 1. The zero-order valence-corrected chi connectivity index (χ0v) is 19.0. The predicted molar refractivity (Wildman–Crippen MR) is 130 cm³/mol. The lowest BCUT2D eigenvalue weighted by molar-refractivity contribution is 0.216. The number of ether oxygens (including phenoxy) is 2. The third kappa shape index (κ3) is 4.74. The molecule has 0 unspecified atom stereocenters. The Morgan fingerprint density at radius 3 is 2.70 bits per heavy atom. The molecular weight excluding hydrogens is 412 g/mol. The molecule has 2 aliphatic heterocycles. The van der Waals surface area contributed by atoms with Crippen molar-refractivity contribution in [3.63, 3.8) is 0 Å². The fraction of sp³-hybridized carbons (Fsp3) is 0.321. The number of hydrogen-bond donors (Lipinski definition) is 1. The number of fused-ring (bicyclic) bond motifs is 2. The Morgan fingerprint density at radius 2 is 1.91 bits per heavy atom. The minimum atomic E-state index is 0.338. The number of likely N-dealkylation sites (tertiary alicyclic amines) is 1. The number of aromatic nitrogens is 1. The summed E-state index contributed by atoms with van der Waals surface area (Å²) in [6.07, 6.45) is 8.19. The van der Waals surface area contributed by atoms with Crippen LogP contribution in [0, 0.1) is 0 Å². The maximum atomic E-state index is 9.53. The van der Waals surface area contributed by atoms with Crippen LogP contribution in [0.4, 0.5) is 0 Å². The van der Waals surface area contributed by atoms with E-state index in [1.807, 2.05) is 24.3 Å².